The van der Waals surface area contributed by atoms with Gasteiger partial charge in [-0.05, 0) is 24.2 Å². The Kier molecular flexibility index (Phi) is 5.75. The molecule has 1 heterocycles. The number of hydrogen-bond donors (Lipinski definition) is 1. The first-order chi connectivity index (χ1) is 7.83. The van der Waals surface area contributed by atoms with Crippen LogP contribution in [-0.2, 0) is 6.54 Å². The summed E-state index contributed by atoms with van der Waals surface area (Å²) in [5.41, 5.74) is 1.36. The predicted molar refractivity (Wildman–Crippen MR) is 73.0 cm³/mol. The van der Waals surface area contributed by atoms with Crippen LogP contribution >= 0.6 is 12.4 Å². The van der Waals surface area contributed by atoms with E-state index in [1.54, 1.807) is 7.11 Å². The van der Waals surface area contributed by atoms with Gasteiger partial charge in [-0.25, -0.2) is 0 Å². The van der Waals surface area contributed by atoms with Crippen molar-refractivity contribution in [2.75, 3.05) is 26.7 Å². The molecule has 0 spiro atoms. The molecule has 1 saturated heterocycles. The molecular weight excluding hydrogens is 236 g/mol. The molecule has 0 amide bonds. The largest absolute Gasteiger partial charge is 0.497 e. The third kappa shape index (κ3) is 3.60. The minimum Gasteiger partial charge on any atom is -0.497 e. The molecule has 1 fully saturated rings. The highest BCUT2D eigenvalue weighted by molar-refractivity contribution is 5.85. The maximum atomic E-state index is 5.16. The molecule has 4 heteroatoms. The van der Waals surface area contributed by atoms with Gasteiger partial charge >= 0.3 is 0 Å². The van der Waals surface area contributed by atoms with Gasteiger partial charge in [0.15, 0.2) is 0 Å². The summed E-state index contributed by atoms with van der Waals surface area (Å²) in [6, 6.07) is 9.07. The Morgan fingerprint density at radius 2 is 1.94 bits per heavy atom. The summed E-state index contributed by atoms with van der Waals surface area (Å²) in [6.45, 7) is 6.63. The fourth-order valence-electron chi connectivity index (χ4n) is 2.00. The Morgan fingerprint density at radius 1 is 1.29 bits per heavy atom. The maximum Gasteiger partial charge on any atom is 0.118 e. The number of nitrogens with one attached hydrogen (secondary N) is 1. The van der Waals surface area contributed by atoms with Crippen LogP contribution in [0.15, 0.2) is 24.3 Å². The van der Waals surface area contributed by atoms with Gasteiger partial charge in [-0.1, -0.05) is 19.1 Å². The van der Waals surface area contributed by atoms with Crippen molar-refractivity contribution in [1.29, 1.82) is 0 Å². The second-order valence-electron chi connectivity index (χ2n) is 4.22. The summed E-state index contributed by atoms with van der Waals surface area (Å²) < 4.78 is 5.16. The van der Waals surface area contributed by atoms with Crippen molar-refractivity contribution >= 4 is 12.4 Å². The molecule has 1 aromatic rings. The predicted octanol–water partition coefficient (Wildman–Crippen LogP) is 1.91. The van der Waals surface area contributed by atoms with E-state index in [2.05, 4.69) is 29.3 Å². The van der Waals surface area contributed by atoms with E-state index in [0.29, 0.717) is 6.04 Å². The number of ether oxygens (including phenoxy) is 1. The van der Waals surface area contributed by atoms with Crippen LogP contribution in [0.2, 0.25) is 0 Å². The van der Waals surface area contributed by atoms with Crippen LogP contribution in [0.3, 0.4) is 0 Å². The quantitative estimate of drug-likeness (QED) is 0.871. The number of nitrogens with zero attached hydrogens (tertiary/aromatic N) is 1. The molecule has 1 aliphatic rings. The van der Waals surface area contributed by atoms with Gasteiger partial charge in [0.25, 0.3) is 0 Å². The Bertz CT molecular complexity index is 325. The van der Waals surface area contributed by atoms with Crippen LogP contribution < -0.4 is 10.1 Å². The number of halogens is 1. The number of rotatable bonds is 5. The molecule has 1 aliphatic heterocycles. The van der Waals surface area contributed by atoms with E-state index in [0.717, 1.165) is 31.9 Å². The Labute approximate surface area is 110 Å². The average molecular weight is 257 g/mol. The van der Waals surface area contributed by atoms with Crippen molar-refractivity contribution in [2.45, 2.75) is 19.5 Å². The van der Waals surface area contributed by atoms with Crippen LogP contribution in [0.25, 0.3) is 0 Å². The third-order valence-electron chi connectivity index (χ3n) is 3.23. The SMILES string of the molecule is CCN(Cc1ccc(OC)cc1)C1CNC1.Cl. The Hall–Kier alpha value is -0.770. The van der Waals surface area contributed by atoms with Crippen LogP contribution in [0.1, 0.15) is 12.5 Å². The highest BCUT2D eigenvalue weighted by atomic mass is 35.5. The molecule has 0 aliphatic carbocycles. The van der Waals surface area contributed by atoms with Crippen LogP contribution in [-0.4, -0.2) is 37.7 Å². The second-order valence-corrected chi connectivity index (χ2v) is 4.22. The normalized spacial score (nSPS) is 15.2. The van der Waals surface area contributed by atoms with Crippen molar-refractivity contribution in [3.05, 3.63) is 29.8 Å². The Balaban J connectivity index is 0.00000144. The molecule has 1 N–H and O–H groups in total. The molecule has 1 aromatic carbocycles. The number of hydrogen-bond acceptors (Lipinski definition) is 3. The van der Waals surface area contributed by atoms with Crippen LogP contribution in [0, 0.1) is 0 Å². The third-order valence-corrected chi connectivity index (χ3v) is 3.23. The van der Waals surface area contributed by atoms with E-state index in [1.807, 2.05) is 12.1 Å². The average Bonchev–Trinajstić information content (AvgIpc) is 2.26. The number of methoxy groups -OCH3 is 1. The zero-order valence-corrected chi connectivity index (χ0v) is 11.3. The molecule has 0 unspecified atom stereocenters. The van der Waals surface area contributed by atoms with Crippen molar-refractivity contribution in [3.63, 3.8) is 0 Å². The van der Waals surface area contributed by atoms with E-state index in [4.69, 9.17) is 4.74 Å². The standard InChI is InChI=1S/C13H20N2O.ClH/c1-3-15(12-8-14-9-12)10-11-4-6-13(16-2)7-5-11;/h4-7,12,14H,3,8-10H2,1-2H3;1H. The lowest BCUT2D eigenvalue weighted by Crippen LogP contribution is -2.56. The molecule has 0 aromatic heterocycles. The monoisotopic (exact) mass is 256 g/mol. The van der Waals surface area contributed by atoms with E-state index in [-0.39, 0.29) is 12.4 Å². The van der Waals surface area contributed by atoms with Gasteiger partial charge in [0, 0.05) is 25.7 Å². The molecule has 0 bridgehead atoms. The molecule has 0 atom stereocenters. The molecule has 0 saturated carbocycles. The van der Waals surface area contributed by atoms with Crippen molar-refractivity contribution in [1.82, 2.24) is 10.2 Å². The summed E-state index contributed by atoms with van der Waals surface area (Å²) in [5, 5.41) is 3.32. The van der Waals surface area contributed by atoms with Crippen LogP contribution in [0.4, 0.5) is 0 Å². The molecule has 96 valence electrons. The lowest BCUT2D eigenvalue weighted by molar-refractivity contribution is 0.145. The van der Waals surface area contributed by atoms with Gasteiger partial charge in [-0.2, -0.15) is 0 Å². The van der Waals surface area contributed by atoms with E-state index >= 15 is 0 Å². The van der Waals surface area contributed by atoms with Crippen LogP contribution in [0.5, 0.6) is 5.75 Å². The van der Waals surface area contributed by atoms with Gasteiger partial charge in [0.05, 0.1) is 7.11 Å². The highest BCUT2D eigenvalue weighted by Crippen LogP contribution is 2.15. The lowest BCUT2D eigenvalue weighted by atomic mass is 10.1. The summed E-state index contributed by atoms with van der Waals surface area (Å²) in [5.74, 6) is 0.928. The maximum absolute atomic E-state index is 5.16. The second kappa shape index (κ2) is 6.84. The molecule has 3 nitrogen and oxygen atoms in total. The topological polar surface area (TPSA) is 24.5 Å². The zero-order valence-electron chi connectivity index (χ0n) is 10.5. The first-order valence-corrected chi connectivity index (χ1v) is 5.91. The highest BCUT2D eigenvalue weighted by Gasteiger charge is 2.22. The lowest BCUT2D eigenvalue weighted by Gasteiger charge is -2.37. The van der Waals surface area contributed by atoms with E-state index in [1.165, 1.54) is 5.56 Å². The molecule has 17 heavy (non-hydrogen) atoms. The van der Waals surface area contributed by atoms with Gasteiger partial charge < -0.3 is 10.1 Å². The summed E-state index contributed by atoms with van der Waals surface area (Å²) in [7, 11) is 1.70. The molecular formula is C13H21ClN2O. The number of likely N-dealkylation sites (N-methyl/N-ethyl adjacent to an activating group) is 1. The Morgan fingerprint density at radius 3 is 2.35 bits per heavy atom. The summed E-state index contributed by atoms with van der Waals surface area (Å²) in [6.07, 6.45) is 0. The first kappa shape index (κ1) is 14.3. The van der Waals surface area contributed by atoms with Crippen molar-refractivity contribution in [3.8, 4) is 5.75 Å². The summed E-state index contributed by atoms with van der Waals surface area (Å²) in [4.78, 5) is 2.51. The smallest absolute Gasteiger partial charge is 0.118 e. The minimum absolute atomic E-state index is 0. The fourth-order valence-corrected chi connectivity index (χ4v) is 2.00. The minimum atomic E-state index is 0. The summed E-state index contributed by atoms with van der Waals surface area (Å²) >= 11 is 0. The van der Waals surface area contributed by atoms with Gasteiger partial charge in [-0.15, -0.1) is 12.4 Å². The van der Waals surface area contributed by atoms with Crippen molar-refractivity contribution < 1.29 is 4.74 Å². The van der Waals surface area contributed by atoms with Gasteiger partial charge in [0.2, 0.25) is 0 Å². The fraction of sp³-hybridized carbons (Fsp3) is 0.538. The number of benzene rings is 1. The zero-order chi connectivity index (χ0) is 11.4. The molecule has 2 rings (SSSR count). The molecule has 0 radical (unpaired) electrons. The van der Waals surface area contributed by atoms with Gasteiger partial charge in [0.1, 0.15) is 5.75 Å². The van der Waals surface area contributed by atoms with E-state index < -0.39 is 0 Å². The first-order valence-electron chi connectivity index (χ1n) is 5.91. The van der Waals surface area contributed by atoms with Gasteiger partial charge in [-0.3, -0.25) is 4.90 Å². The van der Waals surface area contributed by atoms with Crippen molar-refractivity contribution in [2.24, 2.45) is 0 Å². The van der Waals surface area contributed by atoms with E-state index in [9.17, 15) is 0 Å².